The molecule has 0 aliphatic rings. The molecule has 0 saturated carbocycles. The van der Waals surface area contributed by atoms with Crippen LogP contribution in [0.3, 0.4) is 0 Å². The number of carbonyl (C=O) groups excluding carboxylic acids is 2. The molecule has 2 amide bonds. The molecular weight excluding hydrogens is 248 g/mol. The van der Waals surface area contributed by atoms with Crippen LogP contribution in [-0.2, 0) is 6.42 Å². The van der Waals surface area contributed by atoms with Crippen LogP contribution in [-0.4, -0.2) is 28.3 Å². The lowest BCUT2D eigenvalue weighted by Gasteiger charge is -2.06. The second-order valence-corrected chi connectivity index (χ2v) is 4.00. The normalized spacial score (nSPS) is 10.6. The van der Waals surface area contributed by atoms with E-state index in [1.165, 1.54) is 5.48 Å². The Morgan fingerprint density at radius 3 is 2.58 bits per heavy atom. The van der Waals surface area contributed by atoms with Gasteiger partial charge >= 0.3 is 6.03 Å². The summed E-state index contributed by atoms with van der Waals surface area (Å²) in [4.78, 5) is 23.3. The third-order valence-corrected chi connectivity index (χ3v) is 2.91. The summed E-state index contributed by atoms with van der Waals surface area (Å²) in [7, 11) is 0. The van der Waals surface area contributed by atoms with Crippen molar-refractivity contribution in [2.45, 2.75) is 6.42 Å². The predicted octanol–water partition coefficient (Wildman–Crippen LogP) is 0.188. The summed E-state index contributed by atoms with van der Waals surface area (Å²) in [6, 6.07) is 6.10. The fourth-order valence-electron chi connectivity index (χ4n) is 2.22. The Kier molecular flexibility index (Phi) is 3.50. The Hall–Kier alpha value is -2.38. The maximum Gasteiger partial charge on any atom is 0.350 e. The van der Waals surface area contributed by atoms with Crippen LogP contribution in [0.5, 0.6) is 0 Å². The van der Waals surface area contributed by atoms with E-state index in [-0.39, 0.29) is 5.69 Å². The fourth-order valence-corrected chi connectivity index (χ4v) is 2.22. The van der Waals surface area contributed by atoms with Crippen LogP contribution in [0.1, 0.15) is 16.1 Å². The Balaban J connectivity index is 2.87. The van der Waals surface area contributed by atoms with Crippen molar-refractivity contribution in [3.63, 3.8) is 0 Å². The number of amides is 2. The standard InChI is InChI=1S/C12H14N4O3/c13-6-5-8-7-3-1-2-4-9(7)16(12(18)15-19)10(8)11(14)17/h1-4,19H,5-6,13H2,(H2,14,17)(H,15,18). The van der Waals surface area contributed by atoms with E-state index in [0.29, 0.717) is 29.4 Å². The molecule has 0 atom stereocenters. The van der Waals surface area contributed by atoms with Crippen LogP contribution in [0.15, 0.2) is 24.3 Å². The van der Waals surface area contributed by atoms with Gasteiger partial charge in [-0.05, 0) is 24.6 Å². The minimum atomic E-state index is -0.840. The van der Waals surface area contributed by atoms with Crippen molar-refractivity contribution < 1.29 is 14.8 Å². The van der Waals surface area contributed by atoms with Gasteiger partial charge in [0, 0.05) is 5.39 Å². The van der Waals surface area contributed by atoms with Gasteiger partial charge in [0.05, 0.1) is 5.52 Å². The van der Waals surface area contributed by atoms with Gasteiger partial charge in [0.1, 0.15) is 5.69 Å². The van der Waals surface area contributed by atoms with Crippen LogP contribution in [0, 0.1) is 0 Å². The molecule has 0 radical (unpaired) electrons. The van der Waals surface area contributed by atoms with Crippen molar-refractivity contribution in [1.29, 1.82) is 0 Å². The van der Waals surface area contributed by atoms with Gasteiger partial charge in [-0.2, -0.15) is 0 Å². The van der Waals surface area contributed by atoms with Gasteiger partial charge < -0.3 is 11.5 Å². The van der Waals surface area contributed by atoms with Gasteiger partial charge in [0.15, 0.2) is 0 Å². The number of nitrogens with zero attached hydrogens (tertiary/aromatic N) is 1. The summed E-state index contributed by atoms with van der Waals surface area (Å²) < 4.78 is 1.06. The van der Waals surface area contributed by atoms with E-state index in [4.69, 9.17) is 16.7 Å². The molecule has 0 saturated heterocycles. The van der Waals surface area contributed by atoms with Crippen LogP contribution in [0.25, 0.3) is 10.9 Å². The van der Waals surface area contributed by atoms with Gasteiger partial charge in [0.25, 0.3) is 5.91 Å². The van der Waals surface area contributed by atoms with Crippen molar-refractivity contribution in [3.8, 4) is 0 Å². The number of nitrogens with one attached hydrogen (secondary N) is 1. The third kappa shape index (κ3) is 2.05. The number of hydroxylamine groups is 1. The van der Waals surface area contributed by atoms with Gasteiger partial charge in [-0.1, -0.05) is 18.2 Å². The van der Waals surface area contributed by atoms with E-state index in [2.05, 4.69) is 0 Å². The lowest BCUT2D eigenvalue weighted by atomic mass is 10.1. The van der Waals surface area contributed by atoms with E-state index in [0.717, 1.165) is 4.57 Å². The summed E-state index contributed by atoms with van der Waals surface area (Å²) in [5.74, 6) is -0.747. The van der Waals surface area contributed by atoms with Crippen molar-refractivity contribution in [2.75, 3.05) is 6.54 Å². The van der Waals surface area contributed by atoms with E-state index < -0.39 is 11.9 Å². The second kappa shape index (κ2) is 5.09. The first-order valence-electron chi connectivity index (χ1n) is 5.68. The molecule has 19 heavy (non-hydrogen) atoms. The highest BCUT2D eigenvalue weighted by molar-refractivity contribution is 6.06. The number of primary amides is 1. The first-order valence-corrected chi connectivity index (χ1v) is 5.68. The first-order chi connectivity index (χ1) is 9.11. The molecule has 1 aromatic heterocycles. The SMILES string of the molecule is NCCc1c(C(N)=O)n(C(=O)NO)c2ccccc12. The minimum absolute atomic E-state index is 0.0400. The number of benzene rings is 1. The largest absolute Gasteiger partial charge is 0.364 e. The summed E-state index contributed by atoms with van der Waals surface area (Å²) in [5, 5.41) is 9.51. The molecule has 7 nitrogen and oxygen atoms in total. The van der Waals surface area contributed by atoms with E-state index in [1.807, 2.05) is 0 Å². The number of carbonyl (C=O) groups is 2. The molecule has 1 heterocycles. The molecule has 2 aromatic rings. The topological polar surface area (TPSA) is 123 Å². The summed E-state index contributed by atoms with van der Waals surface area (Å²) in [5.41, 5.74) is 13.5. The molecule has 7 heteroatoms. The number of hydrogen-bond donors (Lipinski definition) is 4. The van der Waals surface area contributed by atoms with Crippen LogP contribution in [0.4, 0.5) is 4.79 Å². The molecule has 1 aromatic carbocycles. The van der Waals surface area contributed by atoms with Gasteiger partial charge in [-0.15, -0.1) is 0 Å². The van der Waals surface area contributed by atoms with Crippen LogP contribution < -0.4 is 16.9 Å². The second-order valence-electron chi connectivity index (χ2n) is 4.00. The average Bonchev–Trinajstić information content (AvgIpc) is 2.73. The van der Waals surface area contributed by atoms with Gasteiger partial charge in [-0.3, -0.25) is 14.6 Å². The van der Waals surface area contributed by atoms with Crippen molar-refractivity contribution >= 4 is 22.8 Å². The molecule has 0 aliphatic carbocycles. The van der Waals surface area contributed by atoms with Gasteiger partial charge in [0.2, 0.25) is 0 Å². The van der Waals surface area contributed by atoms with Crippen molar-refractivity contribution in [2.24, 2.45) is 11.5 Å². The summed E-state index contributed by atoms with van der Waals surface area (Å²) in [6.45, 7) is 0.315. The maximum absolute atomic E-state index is 11.7. The quantitative estimate of drug-likeness (QED) is 0.465. The average molecular weight is 262 g/mol. The van der Waals surface area contributed by atoms with Crippen LogP contribution in [0.2, 0.25) is 0 Å². The maximum atomic E-state index is 11.7. The smallest absolute Gasteiger partial charge is 0.350 e. The fraction of sp³-hybridized carbons (Fsp3) is 0.167. The van der Waals surface area contributed by atoms with Crippen LogP contribution >= 0.6 is 0 Å². The predicted molar refractivity (Wildman–Crippen MR) is 68.9 cm³/mol. The highest BCUT2D eigenvalue weighted by atomic mass is 16.5. The molecule has 6 N–H and O–H groups in total. The van der Waals surface area contributed by atoms with E-state index in [9.17, 15) is 9.59 Å². The Morgan fingerprint density at radius 2 is 2.00 bits per heavy atom. The number of aromatic nitrogens is 1. The number of nitrogens with two attached hydrogens (primary N) is 2. The zero-order valence-electron chi connectivity index (χ0n) is 10.1. The Labute approximate surface area is 108 Å². The molecule has 0 aliphatic heterocycles. The highest BCUT2D eigenvalue weighted by Gasteiger charge is 2.23. The summed E-state index contributed by atoms with van der Waals surface area (Å²) >= 11 is 0. The molecule has 0 bridgehead atoms. The third-order valence-electron chi connectivity index (χ3n) is 2.91. The molecule has 2 rings (SSSR count). The molecule has 0 unspecified atom stereocenters. The van der Waals surface area contributed by atoms with Gasteiger partial charge in [-0.25, -0.2) is 10.3 Å². The Bertz CT molecular complexity index is 648. The number of para-hydroxylation sites is 1. The Morgan fingerprint density at radius 1 is 1.32 bits per heavy atom. The number of rotatable bonds is 3. The van der Waals surface area contributed by atoms with Crippen molar-refractivity contribution in [3.05, 3.63) is 35.5 Å². The lowest BCUT2D eigenvalue weighted by Crippen LogP contribution is -2.30. The van der Waals surface area contributed by atoms with E-state index in [1.54, 1.807) is 24.3 Å². The molecule has 0 spiro atoms. The lowest BCUT2D eigenvalue weighted by molar-refractivity contribution is 0.0989. The molecule has 0 fully saturated rings. The minimum Gasteiger partial charge on any atom is -0.364 e. The van der Waals surface area contributed by atoms with E-state index >= 15 is 0 Å². The zero-order valence-corrected chi connectivity index (χ0v) is 10.1. The first kappa shape index (κ1) is 13.1. The number of fused-ring (bicyclic) bond motifs is 1. The molecular formula is C12H14N4O3. The highest BCUT2D eigenvalue weighted by Crippen LogP contribution is 2.26. The summed E-state index contributed by atoms with van der Waals surface area (Å²) in [6.07, 6.45) is 0.407. The van der Waals surface area contributed by atoms with Crippen molar-refractivity contribution in [1.82, 2.24) is 10.0 Å². The monoisotopic (exact) mass is 262 g/mol. The number of hydrogen-bond acceptors (Lipinski definition) is 4. The zero-order chi connectivity index (χ0) is 14.0. The molecule has 100 valence electrons.